The first-order valence-corrected chi connectivity index (χ1v) is 7.51. The summed E-state index contributed by atoms with van der Waals surface area (Å²) < 4.78 is 5.16. The molecule has 0 aliphatic heterocycles. The number of carbonyl (C=O) groups excluding carboxylic acids is 1. The van der Waals surface area contributed by atoms with E-state index in [1.54, 1.807) is 7.11 Å². The first-order chi connectivity index (χ1) is 9.59. The average molecular weight is 275 g/mol. The van der Waals surface area contributed by atoms with Gasteiger partial charge in [-0.25, -0.2) is 0 Å². The van der Waals surface area contributed by atoms with Crippen LogP contribution in [0.15, 0.2) is 24.3 Å². The fraction of sp³-hybridized carbons (Fsp3) is 0.588. The first kappa shape index (κ1) is 14.9. The maximum atomic E-state index is 12.7. The molecule has 1 fully saturated rings. The molecule has 0 saturated heterocycles. The summed E-state index contributed by atoms with van der Waals surface area (Å²) in [5.74, 6) is 1.17. The molecule has 0 N–H and O–H groups in total. The molecule has 1 amide bonds. The zero-order valence-electron chi connectivity index (χ0n) is 12.8. The van der Waals surface area contributed by atoms with Crippen LogP contribution in [-0.4, -0.2) is 24.5 Å². The Balaban J connectivity index is 2.06. The number of hydrogen-bond donors (Lipinski definition) is 0. The third-order valence-corrected chi connectivity index (χ3v) is 4.42. The van der Waals surface area contributed by atoms with E-state index in [0.29, 0.717) is 12.5 Å². The maximum Gasteiger partial charge on any atom is 0.228 e. The predicted molar refractivity (Wildman–Crippen MR) is 80.7 cm³/mol. The van der Waals surface area contributed by atoms with Crippen molar-refractivity contribution < 1.29 is 9.53 Å². The van der Waals surface area contributed by atoms with Crippen LogP contribution in [0.4, 0.5) is 0 Å². The van der Waals surface area contributed by atoms with E-state index in [4.69, 9.17) is 4.74 Å². The number of methoxy groups -OCH3 is 1. The number of amides is 1. The van der Waals surface area contributed by atoms with Crippen LogP contribution < -0.4 is 4.74 Å². The van der Waals surface area contributed by atoms with Gasteiger partial charge in [-0.3, -0.25) is 4.79 Å². The average Bonchev–Trinajstić information content (AvgIpc) is 2.93. The first-order valence-electron chi connectivity index (χ1n) is 7.51. The Bertz CT molecular complexity index is 447. The summed E-state index contributed by atoms with van der Waals surface area (Å²) in [4.78, 5) is 14.7. The number of benzene rings is 1. The van der Waals surface area contributed by atoms with Gasteiger partial charge in [0.2, 0.25) is 5.91 Å². The molecule has 110 valence electrons. The van der Waals surface area contributed by atoms with Gasteiger partial charge in [0.05, 0.1) is 7.11 Å². The molecule has 0 radical (unpaired) electrons. The summed E-state index contributed by atoms with van der Waals surface area (Å²) in [6.45, 7) is 5.63. The van der Waals surface area contributed by atoms with Crippen LogP contribution in [0.5, 0.6) is 5.75 Å². The molecule has 0 spiro atoms. The van der Waals surface area contributed by atoms with E-state index < -0.39 is 0 Å². The Hall–Kier alpha value is -1.51. The molecular weight excluding hydrogens is 250 g/mol. The Morgan fingerprint density at radius 3 is 2.35 bits per heavy atom. The maximum absolute atomic E-state index is 12.7. The van der Waals surface area contributed by atoms with E-state index in [1.165, 1.54) is 12.8 Å². The highest BCUT2D eigenvalue weighted by Crippen LogP contribution is 2.39. The fourth-order valence-corrected chi connectivity index (χ4v) is 3.03. The minimum atomic E-state index is -0.136. The van der Waals surface area contributed by atoms with E-state index >= 15 is 0 Å². The van der Waals surface area contributed by atoms with Crippen LogP contribution in [-0.2, 0) is 11.3 Å². The molecule has 1 saturated carbocycles. The molecule has 1 aromatic carbocycles. The summed E-state index contributed by atoms with van der Waals surface area (Å²) in [6, 6.07) is 7.97. The Morgan fingerprint density at radius 2 is 1.85 bits per heavy atom. The highest BCUT2D eigenvalue weighted by Gasteiger charge is 2.38. The van der Waals surface area contributed by atoms with E-state index in [-0.39, 0.29) is 5.41 Å². The third-order valence-electron chi connectivity index (χ3n) is 4.42. The summed E-state index contributed by atoms with van der Waals surface area (Å²) in [7, 11) is 1.66. The molecule has 0 unspecified atom stereocenters. The summed E-state index contributed by atoms with van der Waals surface area (Å²) in [5.41, 5.74) is 1.02. The van der Waals surface area contributed by atoms with Gasteiger partial charge in [0.15, 0.2) is 0 Å². The van der Waals surface area contributed by atoms with Crippen LogP contribution in [0.1, 0.15) is 45.1 Å². The van der Waals surface area contributed by atoms with Crippen molar-refractivity contribution in [2.24, 2.45) is 5.41 Å². The molecular formula is C17H25NO2. The number of rotatable bonds is 5. The van der Waals surface area contributed by atoms with Gasteiger partial charge in [-0.15, -0.1) is 0 Å². The molecule has 1 aromatic rings. The molecule has 1 aliphatic carbocycles. The van der Waals surface area contributed by atoms with Gasteiger partial charge in [-0.2, -0.15) is 0 Å². The molecule has 3 heteroatoms. The van der Waals surface area contributed by atoms with Crippen molar-refractivity contribution in [3.8, 4) is 5.75 Å². The SMILES string of the molecule is CCN(Cc1ccc(OC)cc1)C(=O)C1(C)CCCC1. The van der Waals surface area contributed by atoms with E-state index in [1.807, 2.05) is 29.2 Å². The van der Waals surface area contributed by atoms with Crippen molar-refractivity contribution in [3.63, 3.8) is 0 Å². The quantitative estimate of drug-likeness (QED) is 0.821. The van der Waals surface area contributed by atoms with Gasteiger partial charge < -0.3 is 9.64 Å². The molecule has 20 heavy (non-hydrogen) atoms. The molecule has 0 heterocycles. The molecule has 3 nitrogen and oxygen atoms in total. The van der Waals surface area contributed by atoms with Crippen molar-refractivity contribution in [3.05, 3.63) is 29.8 Å². The Labute approximate surface area is 121 Å². The zero-order chi connectivity index (χ0) is 14.6. The highest BCUT2D eigenvalue weighted by molar-refractivity contribution is 5.82. The van der Waals surface area contributed by atoms with Crippen molar-refractivity contribution in [1.82, 2.24) is 4.90 Å². The normalized spacial score (nSPS) is 16.9. The van der Waals surface area contributed by atoms with E-state index in [0.717, 1.165) is 30.7 Å². The Kier molecular flexibility index (Phi) is 4.69. The molecule has 0 aromatic heterocycles. The number of carbonyl (C=O) groups is 1. The lowest BCUT2D eigenvalue weighted by Gasteiger charge is -2.31. The van der Waals surface area contributed by atoms with Gasteiger partial charge >= 0.3 is 0 Å². The third kappa shape index (κ3) is 3.14. The molecule has 0 bridgehead atoms. The molecule has 0 atom stereocenters. The van der Waals surface area contributed by atoms with E-state index in [2.05, 4.69) is 13.8 Å². The summed E-state index contributed by atoms with van der Waals surface area (Å²) in [5, 5.41) is 0. The second-order valence-electron chi connectivity index (χ2n) is 5.94. The number of hydrogen-bond acceptors (Lipinski definition) is 2. The standard InChI is InChI=1S/C17H25NO2/c1-4-18(16(19)17(2)11-5-6-12-17)13-14-7-9-15(20-3)10-8-14/h7-10H,4-6,11-13H2,1-3H3. The van der Waals surface area contributed by atoms with Crippen molar-refractivity contribution in [2.75, 3.05) is 13.7 Å². The Morgan fingerprint density at radius 1 is 1.25 bits per heavy atom. The second-order valence-corrected chi connectivity index (χ2v) is 5.94. The number of nitrogens with zero attached hydrogens (tertiary/aromatic N) is 1. The van der Waals surface area contributed by atoms with Crippen molar-refractivity contribution in [1.29, 1.82) is 0 Å². The van der Waals surface area contributed by atoms with Crippen LogP contribution in [0, 0.1) is 5.41 Å². The van der Waals surface area contributed by atoms with Crippen LogP contribution in [0.25, 0.3) is 0 Å². The van der Waals surface area contributed by atoms with Gasteiger partial charge in [-0.05, 0) is 37.5 Å². The predicted octanol–water partition coefficient (Wildman–Crippen LogP) is 3.62. The van der Waals surface area contributed by atoms with Gasteiger partial charge in [0, 0.05) is 18.5 Å². The second kappa shape index (κ2) is 6.29. The number of ether oxygens (including phenoxy) is 1. The van der Waals surface area contributed by atoms with Gasteiger partial charge in [0.1, 0.15) is 5.75 Å². The van der Waals surface area contributed by atoms with E-state index in [9.17, 15) is 4.79 Å². The lowest BCUT2D eigenvalue weighted by molar-refractivity contribution is -0.141. The molecule has 1 aliphatic rings. The topological polar surface area (TPSA) is 29.5 Å². The van der Waals surface area contributed by atoms with Crippen LogP contribution in [0.2, 0.25) is 0 Å². The summed E-state index contributed by atoms with van der Waals surface area (Å²) >= 11 is 0. The summed E-state index contributed by atoms with van der Waals surface area (Å²) in [6.07, 6.45) is 4.43. The molecule has 2 rings (SSSR count). The zero-order valence-corrected chi connectivity index (χ0v) is 12.8. The van der Waals surface area contributed by atoms with Crippen LogP contribution >= 0.6 is 0 Å². The van der Waals surface area contributed by atoms with Crippen LogP contribution in [0.3, 0.4) is 0 Å². The lowest BCUT2D eigenvalue weighted by atomic mass is 9.87. The van der Waals surface area contributed by atoms with Crippen molar-refractivity contribution >= 4 is 5.91 Å². The van der Waals surface area contributed by atoms with Gasteiger partial charge in [-0.1, -0.05) is 31.9 Å². The minimum absolute atomic E-state index is 0.136. The van der Waals surface area contributed by atoms with Crippen molar-refractivity contribution in [2.45, 2.75) is 46.1 Å². The fourth-order valence-electron chi connectivity index (χ4n) is 3.03. The smallest absolute Gasteiger partial charge is 0.228 e. The monoisotopic (exact) mass is 275 g/mol. The van der Waals surface area contributed by atoms with Gasteiger partial charge in [0.25, 0.3) is 0 Å². The largest absolute Gasteiger partial charge is 0.497 e. The minimum Gasteiger partial charge on any atom is -0.497 e. The lowest BCUT2D eigenvalue weighted by Crippen LogP contribution is -2.40. The highest BCUT2D eigenvalue weighted by atomic mass is 16.5.